The Morgan fingerprint density at radius 1 is 1.57 bits per heavy atom. The second-order valence-corrected chi connectivity index (χ2v) is 3.69. The van der Waals surface area contributed by atoms with E-state index in [1.54, 1.807) is 12.4 Å². The highest BCUT2D eigenvalue weighted by Crippen LogP contribution is 2.32. The van der Waals surface area contributed by atoms with Crippen LogP contribution in [0.2, 0.25) is 0 Å². The second kappa shape index (κ2) is 4.10. The Morgan fingerprint density at radius 2 is 2.43 bits per heavy atom. The van der Waals surface area contributed by atoms with Gasteiger partial charge in [0.15, 0.2) is 0 Å². The lowest BCUT2D eigenvalue weighted by atomic mass is 10.2. The molecular formula is C11H13N3. The zero-order valence-corrected chi connectivity index (χ0v) is 8.03. The van der Waals surface area contributed by atoms with Crippen LogP contribution in [0.25, 0.3) is 0 Å². The molecular weight excluding hydrogens is 174 g/mol. The summed E-state index contributed by atoms with van der Waals surface area (Å²) in [6.45, 7) is 0.962. The van der Waals surface area contributed by atoms with Crippen molar-refractivity contribution < 1.29 is 0 Å². The summed E-state index contributed by atoms with van der Waals surface area (Å²) in [7, 11) is 0. The van der Waals surface area contributed by atoms with E-state index >= 15 is 0 Å². The average molecular weight is 187 g/mol. The summed E-state index contributed by atoms with van der Waals surface area (Å²) in [5, 5.41) is 12.1. The van der Waals surface area contributed by atoms with Gasteiger partial charge in [0.2, 0.25) is 0 Å². The number of hydrogen-bond acceptors (Lipinski definition) is 3. The Labute approximate surface area is 83.8 Å². The lowest BCUT2D eigenvalue weighted by Gasteiger charge is -2.06. The molecule has 0 radical (unpaired) electrons. The van der Waals surface area contributed by atoms with Gasteiger partial charge >= 0.3 is 0 Å². The first kappa shape index (κ1) is 9.01. The van der Waals surface area contributed by atoms with Crippen LogP contribution in [0.1, 0.15) is 24.8 Å². The van der Waals surface area contributed by atoms with Gasteiger partial charge in [-0.25, -0.2) is 0 Å². The van der Waals surface area contributed by atoms with E-state index in [1.807, 2.05) is 6.07 Å². The minimum Gasteiger partial charge on any atom is -0.384 e. The average Bonchev–Trinajstić information content (AvgIpc) is 3.03. The zero-order chi connectivity index (χ0) is 9.80. The second-order valence-electron chi connectivity index (χ2n) is 3.69. The van der Waals surface area contributed by atoms with Crippen LogP contribution in [0.3, 0.4) is 0 Å². The van der Waals surface area contributed by atoms with Gasteiger partial charge in [-0.2, -0.15) is 5.26 Å². The van der Waals surface area contributed by atoms with Crippen molar-refractivity contribution in [2.24, 2.45) is 5.92 Å². The quantitative estimate of drug-likeness (QED) is 0.785. The van der Waals surface area contributed by atoms with Gasteiger partial charge in [-0.1, -0.05) is 12.8 Å². The van der Waals surface area contributed by atoms with Crippen molar-refractivity contribution >= 4 is 5.69 Å². The van der Waals surface area contributed by atoms with Crippen molar-refractivity contribution in [3.8, 4) is 6.07 Å². The number of nitrogens with one attached hydrogen (secondary N) is 1. The predicted molar refractivity (Wildman–Crippen MR) is 54.8 cm³/mol. The summed E-state index contributed by atoms with van der Waals surface area (Å²) in [5.41, 5.74) is 1.53. The maximum absolute atomic E-state index is 8.81. The summed E-state index contributed by atoms with van der Waals surface area (Å²) >= 11 is 0. The number of nitriles is 1. The zero-order valence-electron chi connectivity index (χ0n) is 8.03. The smallest absolute Gasteiger partial charge is 0.103 e. The summed E-state index contributed by atoms with van der Waals surface area (Å²) in [4.78, 5) is 3.91. The SMILES string of the molecule is N#Cc1cnccc1NCCC1CC1. The van der Waals surface area contributed by atoms with E-state index in [0.717, 1.165) is 18.2 Å². The molecule has 0 amide bonds. The Kier molecular flexibility index (Phi) is 2.64. The third-order valence-electron chi connectivity index (χ3n) is 2.51. The molecule has 72 valence electrons. The van der Waals surface area contributed by atoms with Crippen LogP contribution in [0, 0.1) is 17.2 Å². The Hall–Kier alpha value is -1.56. The topological polar surface area (TPSA) is 48.7 Å². The number of nitrogens with zero attached hydrogens (tertiary/aromatic N) is 2. The van der Waals surface area contributed by atoms with Crippen LogP contribution in [0.4, 0.5) is 5.69 Å². The van der Waals surface area contributed by atoms with E-state index in [4.69, 9.17) is 5.26 Å². The first-order valence-electron chi connectivity index (χ1n) is 4.98. The Morgan fingerprint density at radius 3 is 3.14 bits per heavy atom. The highest BCUT2D eigenvalue weighted by atomic mass is 14.9. The van der Waals surface area contributed by atoms with Crippen molar-refractivity contribution in [2.75, 3.05) is 11.9 Å². The highest BCUT2D eigenvalue weighted by Gasteiger charge is 2.20. The lowest BCUT2D eigenvalue weighted by molar-refractivity contribution is 0.760. The third kappa shape index (κ3) is 2.23. The maximum atomic E-state index is 8.81. The molecule has 0 aliphatic heterocycles. The van der Waals surface area contributed by atoms with E-state index in [0.29, 0.717) is 5.56 Å². The van der Waals surface area contributed by atoms with Crippen molar-refractivity contribution in [3.63, 3.8) is 0 Å². The van der Waals surface area contributed by atoms with Gasteiger partial charge < -0.3 is 5.32 Å². The van der Waals surface area contributed by atoms with Gasteiger partial charge in [0.1, 0.15) is 6.07 Å². The standard InChI is InChI=1S/C11H13N3/c12-7-10-8-13-5-4-11(10)14-6-3-9-1-2-9/h4-5,8-9H,1-3,6H2,(H,13,14). The molecule has 0 atom stereocenters. The number of anilines is 1. The lowest BCUT2D eigenvalue weighted by Crippen LogP contribution is -2.03. The fourth-order valence-corrected chi connectivity index (χ4v) is 1.46. The first-order valence-corrected chi connectivity index (χ1v) is 4.98. The predicted octanol–water partition coefficient (Wildman–Crippen LogP) is 2.17. The van der Waals surface area contributed by atoms with Crippen LogP contribution in [0.15, 0.2) is 18.5 Å². The normalized spacial score (nSPS) is 14.8. The van der Waals surface area contributed by atoms with Gasteiger partial charge in [0.05, 0.1) is 11.3 Å². The van der Waals surface area contributed by atoms with Crippen LogP contribution < -0.4 is 5.32 Å². The maximum Gasteiger partial charge on any atom is 0.103 e. The molecule has 1 aromatic rings. The molecule has 0 aromatic carbocycles. The molecule has 1 heterocycles. The van der Waals surface area contributed by atoms with E-state index < -0.39 is 0 Å². The van der Waals surface area contributed by atoms with E-state index in [2.05, 4.69) is 16.4 Å². The molecule has 1 aliphatic carbocycles. The molecule has 0 saturated heterocycles. The highest BCUT2D eigenvalue weighted by molar-refractivity contribution is 5.55. The molecule has 0 bridgehead atoms. The Balaban J connectivity index is 1.90. The van der Waals surface area contributed by atoms with Crippen LogP contribution in [0.5, 0.6) is 0 Å². The number of aromatic nitrogens is 1. The fourth-order valence-electron chi connectivity index (χ4n) is 1.46. The molecule has 1 aromatic heterocycles. The molecule has 0 unspecified atom stereocenters. The van der Waals surface area contributed by atoms with Gasteiger partial charge in [0, 0.05) is 18.9 Å². The van der Waals surface area contributed by atoms with Crippen LogP contribution in [-0.2, 0) is 0 Å². The molecule has 3 heteroatoms. The van der Waals surface area contributed by atoms with Crippen LogP contribution >= 0.6 is 0 Å². The minimum absolute atomic E-state index is 0.628. The molecule has 2 rings (SSSR count). The van der Waals surface area contributed by atoms with Gasteiger partial charge in [-0.15, -0.1) is 0 Å². The van der Waals surface area contributed by atoms with Crippen molar-refractivity contribution in [1.82, 2.24) is 4.98 Å². The summed E-state index contributed by atoms with van der Waals surface area (Å²) in [6, 6.07) is 3.98. The molecule has 14 heavy (non-hydrogen) atoms. The van der Waals surface area contributed by atoms with Gasteiger partial charge in [0.25, 0.3) is 0 Å². The van der Waals surface area contributed by atoms with Crippen molar-refractivity contribution in [2.45, 2.75) is 19.3 Å². The van der Waals surface area contributed by atoms with Gasteiger partial charge in [-0.3, -0.25) is 4.98 Å². The molecule has 1 saturated carbocycles. The monoisotopic (exact) mass is 187 g/mol. The van der Waals surface area contributed by atoms with Crippen LogP contribution in [-0.4, -0.2) is 11.5 Å². The van der Waals surface area contributed by atoms with Gasteiger partial charge in [-0.05, 0) is 18.4 Å². The molecule has 1 fully saturated rings. The molecule has 1 N–H and O–H groups in total. The number of rotatable bonds is 4. The summed E-state index contributed by atoms with van der Waals surface area (Å²) < 4.78 is 0. The number of hydrogen-bond donors (Lipinski definition) is 1. The summed E-state index contributed by atoms with van der Waals surface area (Å²) in [5.74, 6) is 0.926. The van der Waals surface area contributed by atoms with Crippen molar-refractivity contribution in [1.29, 1.82) is 5.26 Å². The van der Waals surface area contributed by atoms with Crippen molar-refractivity contribution in [3.05, 3.63) is 24.0 Å². The van der Waals surface area contributed by atoms with E-state index in [9.17, 15) is 0 Å². The third-order valence-corrected chi connectivity index (χ3v) is 2.51. The largest absolute Gasteiger partial charge is 0.384 e. The fraction of sp³-hybridized carbons (Fsp3) is 0.455. The van der Waals surface area contributed by atoms with E-state index in [-0.39, 0.29) is 0 Å². The minimum atomic E-state index is 0.628. The summed E-state index contributed by atoms with van der Waals surface area (Å²) in [6.07, 6.45) is 7.28. The molecule has 1 aliphatic rings. The molecule has 0 spiro atoms. The molecule has 3 nitrogen and oxygen atoms in total. The van der Waals surface area contributed by atoms with E-state index in [1.165, 1.54) is 19.3 Å². The first-order chi connectivity index (χ1) is 6.90. The number of pyridine rings is 1. The Bertz CT molecular complexity index is 350.